The molecule has 3 aromatic carbocycles. The molecule has 0 atom stereocenters. The number of hydrogen-bond acceptors (Lipinski definition) is 7. The lowest BCUT2D eigenvalue weighted by molar-refractivity contribution is -0.143. The Balaban J connectivity index is 1.84. The molecule has 0 bridgehead atoms. The zero-order chi connectivity index (χ0) is 36.6. The molecule has 4 rings (SSSR count). The molecule has 1 aromatic heterocycles. The largest absolute Gasteiger partial charge is 0.496 e. The molecule has 268 valence electrons. The third-order valence-corrected chi connectivity index (χ3v) is 7.65. The van der Waals surface area contributed by atoms with E-state index in [2.05, 4.69) is 9.97 Å². The van der Waals surface area contributed by atoms with Gasteiger partial charge in [-0.05, 0) is 84.0 Å². The van der Waals surface area contributed by atoms with Gasteiger partial charge in [-0.25, -0.2) is 9.97 Å². The second-order valence-electron chi connectivity index (χ2n) is 11.7. The predicted octanol–water partition coefficient (Wildman–Crippen LogP) is 9.16. The van der Waals surface area contributed by atoms with Gasteiger partial charge in [0, 0.05) is 25.1 Å². The highest BCUT2D eigenvalue weighted by atomic mass is 19.4. The summed E-state index contributed by atoms with van der Waals surface area (Å²) in [5, 5.41) is 8.85. The summed E-state index contributed by atoms with van der Waals surface area (Å²) in [4.78, 5) is 20.9. The lowest BCUT2D eigenvalue weighted by Crippen LogP contribution is -2.25. The number of carboxylic acid groups (broad SMARTS) is 1. The van der Waals surface area contributed by atoms with Crippen molar-refractivity contribution in [1.82, 2.24) is 9.97 Å². The second kappa shape index (κ2) is 16.1. The summed E-state index contributed by atoms with van der Waals surface area (Å²) in [5.41, 5.74) is -0.117. The van der Waals surface area contributed by atoms with Crippen LogP contribution in [0.5, 0.6) is 17.2 Å². The van der Waals surface area contributed by atoms with Crippen LogP contribution < -0.4 is 19.1 Å². The molecule has 8 nitrogen and oxygen atoms in total. The Kier molecular flexibility index (Phi) is 12.2. The Morgan fingerprint density at radius 1 is 0.840 bits per heavy atom. The third kappa shape index (κ3) is 10.0. The van der Waals surface area contributed by atoms with Crippen molar-refractivity contribution in [1.29, 1.82) is 0 Å². The number of carbonyl (C=O) groups is 1. The Labute approximate surface area is 285 Å². The van der Waals surface area contributed by atoms with Crippen molar-refractivity contribution in [2.24, 2.45) is 0 Å². The summed E-state index contributed by atoms with van der Waals surface area (Å²) in [7, 11) is 1.53. The lowest BCUT2D eigenvalue weighted by Gasteiger charge is -2.26. The van der Waals surface area contributed by atoms with Crippen molar-refractivity contribution < 1.29 is 50.5 Å². The van der Waals surface area contributed by atoms with E-state index in [1.165, 1.54) is 24.4 Å². The molecule has 0 unspecified atom stereocenters. The Hall–Kier alpha value is -5.01. The molecule has 0 amide bonds. The van der Waals surface area contributed by atoms with Gasteiger partial charge in [0.1, 0.15) is 11.5 Å². The van der Waals surface area contributed by atoms with Crippen molar-refractivity contribution in [2.75, 3.05) is 25.2 Å². The highest BCUT2D eigenvalue weighted by Crippen LogP contribution is 2.39. The van der Waals surface area contributed by atoms with Crippen LogP contribution in [0.2, 0.25) is 0 Å². The predicted molar refractivity (Wildman–Crippen MR) is 174 cm³/mol. The first kappa shape index (κ1) is 37.8. The number of anilines is 1. The molecule has 0 saturated heterocycles. The van der Waals surface area contributed by atoms with E-state index in [1.54, 1.807) is 19.1 Å². The SMILES string of the molecule is CCOc1ccc(-c2cc(C(C)C)ccc2OC)c(CN(Cc2cc(C(F)(F)F)cc(C(F)(F)F)c2)c2ncc(OCCCC(=O)O)cn2)c1. The molecule has 4 aromatic rings. The van der Waals surface area contributed by atoms with Crippen molar-refractivity contribution >= 4 is 11.9 Å². The van der Waals surface area contributed by atoms with E-state index in [4.69, 9.17) is 19.3 Å². The number of hydrogen-bond donors (Lipinski definition) is 1. The summed E-state index contributed by atoms with van der Waals surface area (Å²) < 4.78 is 99.8. The van der Waals surface area contributed by atoms with Crippen LogP contribution >= 0.6 is 0 Å². The number of aromatic nitrogens is 2. The number of carboxylic acids is 1. The van der Waals surface area contributed by atoms with Gasteiger partial charge in [-0.2, -0.15) is 26.3 Å². The van der Waals surface area contributed by atoms with Crippen LogP contribution in [0.1, 0.15) is 67.3 Å². The van der Waals surface area contributed by atoms with E-state index in [1.807, 2.05) is 38.1 Å². The number of alkyl halides is 6. The van der Waals surface area contributed by atoms with Crippen LogP contribution in [0.4, 0.5) is 32.3 Å². The lowest BCUT2D eigenvalue weighted by atomic mass is 9.93. The van der Waals surface area contributed by atoms with E-state index in [0.29, 0.717) is 41.4 Å². The van der Waals surface area contributed by atoms with Crippen molar-refractivity contribution in [3.63, 3.8) is 0 Å². The van der Waals surface area contributed by atoms with Crippen molar-refractivity contribution in [3.05, 3.63) is 94.8 Å². The average molecular weight is 706 g/mol. The van der Waals surface area contributed by atoms with E-state index in [9.17, 15) is 31.1 Å². The van der Waals surface area contributed by atoms with Crippen LogP contribution in [0.15, 0.2) is 67.0 Å². The summed E-state index contributed by atoms with van der Waals surface area (Å²) in [5.74, 6) is 0.426. The maximum atomic E-state index is 13.8. The van der Waals surface area contributed by atoms with E-state index in [0.717, 1.165) is 11.1 Å². The molecule has 1 heterocycles. The van der Waals surface area contributed by atoms with Gasteiger partial charge < -0.3 is 24.2 Å². The van der Waals surface area contributed by atoms with Gasteiger partial charge in [-0.15, -0.1) is 0 Å². The topological polar surface area (TPSA) is 94.0 Å². The molecule has 0 aliphatic rings. The minimum absolute atomic E-state index is 0.00971. The van der Waals surface area contributed by atoms with Gasteiger partial charge >= 0.3 is 18.3 Å². The van der Waals surface area contributed by atoms with E-state index >= 15 is 0 Å². The highest BCUT2D eigenvalue weighted by Gasteiger charge is 2.37. The highest BCUT2D eigenvalue weighted by molar-refractivity contribution is 5.75. The fraction of sp³-hybridized carbons (Fsp3) is 0.361. The van der Waals surface area contributed by atoms with Crippen molar-refractivity contribution in [2.45, 2.75) is 65.0 Å². The molecule has 0 saturated carbocycles. The maximum absolute atomic E-state index is 13.8. The van der Waals surface area contributed by atoms with Gasteiger partial charge in [0.2, 0.25) is 5.95 Å². The first-order valence-electron chi connectivity index (χ1n) is 15.7. The fourth-order valence-electron chi connectivity index (χ4n) is 5.21. The van der Waals surface area contributed by atoms with E-state index < -0.39 is 36.0 Å². The molecule has 0 aliphatic carbocycles. The average Bonchev–Trinajstić information content (AvgIpc) is 3.05. The van der Waals surface area contributed by atoms with Gasteiger partial charge in [-0.3, -0.25) is 4.79 Å². The smallest absolute Gasteiger partial charge is 0.416 e. The Bertz CT molecular complexity index is 1730. The quantitative estimate of drug-likeness (QED) is 0.0967. The van der Waals surface area contributed by atoms with Crippen LogP contribution in [-0.4, -0.2) is 41.4 Å². The summed E-state index contributed by atoms with van der Waals surface area (Å²) in [6, 6.07) is 12.5. The summed E-state index contributed by atoms with van der Waals surface area (Å²) in [6.07, 6.45) is -7.35. The minimum atomic E-state index is -5.03. The normalized spacial score (nSPS) is 11.8. The van der Waals surface area contributed by atoms with Crippen LogP contribution in [0.3, 0.4) is 0 Å². The third-order valence-electron chi connectivity index (χ3n) is 7.65. The number of benzene rings is 3. The number of halogens is 6. The number of ether oxygens (including phenoxy) is 3. The zero-order valence-electron chi connectivity index (χ0n) is 27.9. The van der Waals surface area contributed by atoms with Crippen molar-refractivity contribution in [3.8, 4) is 28.4 Å². The standard InChI is InChI=1S/C36H37F6N3O5/c1-5-49-28-9-10-30(31-16-24(22(2)3)8-11-32(31)48-4)25(15-28)21-45(34-43-18-29(19-44-34)50-12-6-7-33(46)47)20-23-13-26(35(37,38)39)17-27(14-23)36(40,41)42/h8-11,13-19,22H,5-7,12,20-21H2,1-4H3,(H,46,47). The molecule has 0 fully saturated rings. The minimum Gasteiger partial charge on any atom is -0.496 e. The molecule has 0 aliphatic heterocycles. The number of nitrogens with zero attached hydrogens (tertiary/aromatic N) is 3. The maximum Gasteiger partial charge on any atom is 0.416 e. The second-order valence-corrected chi connectivity index (χ2v) is 11.7. The molecular formula is C36H37F6N3O5. The first-order valence-corrected chi connectivity index (χ1v) is 15.7. The molecule has 14 heteroatoms. The Morgan fingerprint density at radius 3 is 2.06 bits per heavy atom. The number of aliphatic carboxylic acids is 1. The molecule has 50 heavy (non-hydrogen) atoms. The Morgan fingerprint density at radius 2 is 1.50 bits per heavy atom. The monoisotopic (exact) mass is 705 g/mol. The fourth-order valence-corrected chi connectivity index (χ4v) is 5.21. The van der Waals surface area contributed by atoms with Crippen LogP contribution in [0.25, 0.3) is 11.1 Å². The summed E-state index contributed by atoms with van der Waals surface area (Å²) in [6.45, 7) is 5.78. The number of rotatable bonds is 15. The molecule has 1 N–H and O–H groups in total. The first-order chi connectivity index (χ1) is 23.6. The molecular weight excluding hydrogens is 668 g/mol. The number of methoxy groups -OCH3 is 1. The van der Waals surface area contributed by atoms with Gasteiger partial charge in [0.05, 0.1) is 43.8 Å². The van der Waals surface area contributed by atoms with Crippen LogP contribution in [-0.2, 0) is 30.2 Å². The van der Waals surface area contributed by atoms with E-state index in [-0.39, 0.29) is 55.2 Å². The van der Waals surface area contributed by atoms with Gasteiger partial charge in [-0.1, -0.05) is 26.0 Å². The summed E-state index contributed by atoms with van der Waals surface area (Å²) >= 11 is 0. The molecule has 0 spiro atoms. The zero-order valence-corrected chi connectivity index (χ0v) is 27.9. The van der Waals surface area contributed by atoms with Crippen LogP contribution in [0, 0.1) is 0 Å². The molecule has 0 radical (unpaired) electrons. The van der Waals surface area contributed by atoms with Gasteiger partial charge in [0.25, 0.3) is 0 Å². The van der Waals surface area contributed by atoms with Gasteiger partial charge in [0.15, 0.2) is 5.75 Å².